The minimum Gasteiger partial charge on any atom is -0.338 e. The largest absolute Gasteiger partial charge is 0.338 e. The van der Waals surface area contributed by atoms with Crippen LogP contribution in [0.15, 0.2) is 23.4 Å². The highest BCUT2D eigenvalue weighted by Gasteiger charge is 2.34. The van der Waals surface area contributed by atoms with Crippen molar-refractivity contribution in [1.29, 1.82) is 0 Å². The molecule has 0 bridgehead atoms. The van der Waals surface area contributed by atoms with E-state index in [1.54, 1.807) is 9.58 Å². The summed E-state index contributed by atoms with van der Waals surface area (Å²) in [6.45, 7) is 6.53. The van der Waals surface area contributed by atoms with E-state index in [0.717, 1.165) is 23.2 Å². The Morgan fingerprint density at radius 3 is 2.82 bits per heavy atom. The molecule has 1 aromatic heterocycles. The molecule has 1 amide bonds. The van der Waals surface area contributed by atoms with Gasteiger partial charge in [-0.1, -0.05) is 30.8 Å². The van der Waals surface area contributed by atoms with Gasteiger partial charge in [0.25, 0.3) is 0 Å². The number of amides is 1. The zero-order chi connectivity index (χ0) is 20.3. The third kappa shape index (κ3) is 4.72. The number of rotatable bonds is 7. The Balaban J connectivity index is 1.72. The van der Waals surface area contributed by atoms with Crippen LogP contribution in [0.25, 0.3) is 5.69 Å². The average molecular weight is 424 g/mol. The molecule has 0 N–H and O–H groups in total. The monoisotopic (exact) mass is 423 g/mol. The number of thioether (sulfide) groups is 1. The molecule has 0 radical (unpaired) electrons. The molecule has 1 fully saturated rings. The molecule has 152 valence electrons. The van der Waals surface area contributed by atoms with E-state index in [0.29, 0.717) is 18.1 Å². The summed E-state index contributed by atoms with van der Waals surface area (Å²) in [6.07, 6.45) is 1.30. The van der Waals surface area contributed by atoms with Crippen molar-refractivity contribution in [2.75, 3.05) is 23.8 Å². The van der Waals surface area contributed by atoms with Gasteiger partial charge in [0, 0.05) is 12.6 Å². The van der Waals surface area contributed by atoms with Crippen LogP contribution in [-0.4, -0.2) is 69.3 Å². The number of sulfone groups is 1. The van der Waals surface area contributed by atoms with Crippen LogP contribution in [0.5, 0.6) is 0 Å². The molecule has 1 atom stereocenters. The lowest BCUT2D eigenvalue weighted by molar-refractivity contribution is -0.130. The molecule has 0 aliphatic carbocycles. The van der Waals surface area contributed by atoms with Gasteiger partial charge in [-0.15, -0.1) is 5.10 Å². The highest BCUT2D eigenvalue weighted by atomic mass is 32.2. The second kappa shape index (κ2) is 8.60. The normalized spacial score (nSPS) is 18.3. The molecule has 1 aliphatic rings. The highest BCUT2D eigenvalue weighted by Crippen LogP contribution is 2.24. The molecule has 10 heteroatoms. The van der Waals surface area contributed by atoms with E-state index in [4.69, 9.17) is 0 Å². The van der Waals surface area contributed by atoms with Crippen LogP contribution in [0.4, 0.5) is 0 Å². The number of benzene rings is 1. The zero-order valence-electron chi connectivity index (χ0n) is 16.3. The molecule has 2 heterocycles. The highest BCUT2D eigenvalue weighted by molar-refractivity contribution is 7.99. The summed E-state index contributed by atoms with van der Waals surface area (Å²) in [5.74, 6) is 0.304. The van der Waals surface area contributed by atoms with Gasteiger partial charge in [0.05, 0.1) is 22.9 Å². The van der Waals surface area contributed by atoms with Gasteiger partial charge in [0.2, 0.25) is 11.1 Å². The summed E-state index contributed by atoms with van der Waals surface area (Å²) >= 11 is 1.27. The van der Waals surface area contributed by atoms with Crippen LogP contribution in [0.2, 0.25) is 0 Å². The third-order valence-electron chi connectivity index (χ3n) is 4.79. The zero-order valence-corrected chi connectivity index (χ0v) is 18.0. The molecule has 2 aromatic rings. The van der Waals surface area contributed by atoms with Gasteiger partial charge in [0.15, 0.2) is 9.84 Å². The van der Waals surface area contributed by atoms with Gasteiger partial charge in [-0.2, -0.15) is 4.68 Å². The van der Waals surface area contributed by atoms with Gasteiger partial charge in [-0.25, -0.2) is 8.42 Å². The van der Waals surface area contributed by atoms with E-state index < -0.39 is 9.84 Å². The fourth-order valence-electron chi connectivity index (χ4n) is 3.35. The standard InChI is InChI=1S/C18H25N5O3S2/c1-4-8-22(15-7-9-28(25,26)12-15)17(24)11-27-18-19-20-21-23(18)16-10-13(2)5-6-14(16)3/h5-6,10,15H,4,7-9,11-12H2,1-3H3/t15-/m1/s1. The molecule has 28 heavy (non-hydrogen) atoms. The summed E-state index contributed by atoms with van der Waals surface area (Å²) in [4.78, 5) is 14.5. The number of hydrogen-bond acceptors (Lipinski definition) is 7. The first kappa shape index (κ1) is 20.8. The van der Waals surface area contributed by atoms with Gasteiger partial charge in [0.1, 0.15) is 0 Å². The Morgan fingerprint density at radius 1 is 1.36 bits per heavy atom. The van der Waals surface area contributed by atoms with E-state index in [-0.39, 0.29) is 29.2 Å². The number of nitrogens with zero attached hydrogens (tertiary/aromatic N) is 5. The summed E-state index contributed by atoms with van der Waals surface area (Å²) in [5, 5.41) is 12.4. The van der Waals surface area contributed by atoms with Crippen LogP contribution < -0.4 is 0 Å². The van der Waals surface area contributed by atoms with Crippen LogP contribution in [0.1, 0.15) is 30.9 Å². The molecule has 3 rings (SSSR count). The second-order valence-corrected chi connectivity index (χ2v) is 10.3. The maximum absolute atomic E-state index is 12.8. The smallest absolute Gasteiger partial charge is 0.233 e. The quantitative estimate of drug-likeness (QED) is 0.626. The number of tetrazole rings is 1. The molecule has 1 saturated heterocycles. The summed E-state index contributed by atoms with van der Waals surface area (Å²) in [7, 11) is -3.04. The topological polar surface area (TPSA) is 98.1 Å². The number of aromatic nitrogens is 4. The fraction of sp³-hybridized carbons (Fsp3) is 0.556. The molecule has 0 saturated carbocycles. The maximum atomic E-state index is 12.8. The Kier molecular flexibility index (Phi) is 6.39. The molecule has 1 aromatic carbocycles. The summed E-state index contributed by atoms with van der Waals surface area (Å²) < 4.78 is 25.3. The molecule has 0 spiro atoms. The minimum atomic E-state index is -3.04. The van der Waals surface area contributed by atoms with Gasteiger partial charge >= 0.3 is 0 Å². The first-order chi connectivity index (χ1) is 13.3. The van der Waals surface area contributed by atoms with Crippen molar-refractivity contribution >= 4 is 27.5 Å². The Labute approximate surface area is 169 Å². The van der Waals surface area contributed by atoms with E-state index in [1.165, 1.54) is 11.8 Å². The van der Waals surface area contributed by atoms with Crippen LogP contribution >= 0.6 is 11.8 Å². The summed E-state index contributed by atoms with van der Waals surface area (Å²) in [6, 6.07) is 5.81. The van der Waals surface area contributed by atoms with Gasteiger partial charge in [-0.05, 0) is 54.3 Å². The van der Waals surface area contributed by atoms with E-state index in [2.05, 4.69) is 15.5 Å². The summed E-state index contributed by atoms with van der Waals surface area (Å²) in [5.41, 5.74) is 3.02. The van der Waals surface area contributed by atoms with Crippen molar-refractivity contribution in [1.82, 2.24) is 25.1 Å². The number of carbonyl (C=O) groups is 1. The van der Waals surface area contributed by atoms with Crippen molar-refractivity contribution in [3.05, 3.63) is 29.3 Å². The predicted molar refractivity (Wildman–Crippen MR) is 108 cm³/mol. The number of hydrogen-bond donors (Lipinski definition) is 0. The van der Waals surface area contributed by atoms with Crippen LogP contribution in [0, 0.1) is 13.8 Å². The van der Waals surface area contributed by atoms with Crippen molar-refractivity contribution < 1.29 is 13.2 Å². The second-order valence-electron chi connectivity index (χ2n) is 7.10. The molecular weight excluding hydrogens is 398 g/mol. The van der Waals surface area contributed by atoms with E-state index >= 15 is 0 Å². The maximum Gasteiger partial charge on any atom is 0.233 e. The van der Waals surface area contributed by atoms with Gasteiger partial charge < -0.3 is 4.90 Å². The Bertz CT molecular complexity index is 958. The first-order valence-electron chi connectivity index (χ1n) is 9.29. The predicted octanol–water partition coefficient (Wildman–Crippen LogP) is 1.80. The SMILES string of the molecule is CCCN(C(=O)CSc1nnnn1-c1cc(C)ccc1C)[C@@H]1CCS(=O)(=O)C1. The van der Waals surface area contributed by atoms with Crippen molar-refractivity contribution in [3.63, 3.8) is 0 Å². The Hall–Kier alpha value is -1.94. The first-order valence-corrected chi connectivity index (χ1v) is 12.1. The van der Waals surface area contributed by atoms with Crippen molar-refractivity contribution in [2.24, 2.45) is 0 Å². The van der Waals surface area contributed by atoms with Crippen molar-refractivity contribution in [3.8, 4) is 5.69 Å². The fourth-order valence-corrected chi connectivity index (χ4v) is 5.85. The van der Waals surface area contributed by atoms with E-state index in [9.17, 15) is 13.2 Å². The lowest BCUT2D eigenvalue weighted by Crippen LogP contribution is -2.42. The molecule has 0 unspecified atom stereocenters. The minimum absolute atomic E-state index is 0.0592. The Morgan fingerprint density at radius 2 is 2.14 bits per heavy atom. The van der Waals surface area contributed by atoms with Crippen LogP contribution in [0.3, 0.4) is 0 Å². The molecular formula is C18H25N5O3S2. The lowest BCUT2D eigenvalue weighted by Gasteiger charge is -2.27. The number of carbonyl (C=O) groups excluding carboxylic acids is 1. The van der Waals surface area contributed by atoms with E-state index in [1.807, 2.05) is 39.0 Å². The van der Waals surface area contributed by atoms with Crippen molar-refractivity contribution in [2.45, 2.75) is 44.8 Å². The molecule has 8 nitrogen and oxygen atoms in total. The number of aryl methyl sites for hydroxylation is 2. The van der Waals surface area contributed by atoms with Crippen LogP contribution in [-0.2, 0) is 14.6 Å². The average Bonchev–Trinajstić information content (AvgIpc) is 3.25. The van der Waals surface area contributed by atoms with Gasteiger partial charge in [-0.3, -0.25) is 4.79 Å². The molecule has 1 aliphatic heterocycles. The lowest BCUT2D eigenvalue weighted by atomic mass is 10.1. The third-order valence-corrected chi connectivity index (χ3v) is 7.45.